The Morgan fingerprint density at radius 1 is 1.07 bits per heavy atom. The van der Waals surface area contributed by atoms with E-state index in [9.17, 15) is 0 Å². The monoisotopic (exact) mass is 245 g/mol. The molecule has 0 spiro atoms. The minimum absolute atomic E-state index is 0.629. The van der Waals surface area contributed by atoms with Gasteiger partial charge in [-0.05, 0) is 31.0 Å². The average Bonchev–Trinajstić information content (AvgIpc) is 2.22. The Hall–Kier alpha value is -0.400. The Balaban J connectivity index is 2.94. The topological polar surface area (TPSA) is 3.24 Å². The highest BCUT2D eigenvalue weighted by atomic mass is 35.5. The molecule has 0 fully saturated rings. The van der Waals surface area contributed by atoms with Crippen LogP contribution in [0.25, 0.3) is 0 Å². The number of anilines is 1. The van der Waals surface area contributed by atoms with Crippen LogP contribution in [-0.2, 0) is 0 Å². The number of hydrogen-bond donors (Lipinski definition) is 0. The van der Waals surface area contributed by atoms with Crippen molar-refractivity contribution in [2.24, 2.45) is 0 Å². The minimum atomic E-state index is 0.629. The van der Waals surface area contributed by atoms with Crippen LogP contribution in [0.15, 0.2) is 18.2 Å². The summed E-state index contributed by atoms with van der Waals surface area (Å²) < 4.78 is 0. The van der Waals surface area contributed by atoms with Gasteiger partial charge in [0, 0.05) is 30.5 Å². The fourth-order valence-corrected chi connectivity index (χ4v) is 2.04. The van der Waals surface area contributed by atoms with E-state index in [1.165, 1.54) is 16.8 Å². The molecule has 1 rings (SSSR count). The van der Waals surface area contributed by atoms with E-state index in [-0.39, 0.29) is 0 Å². The summed E-state index contributed by atoms with van der Waals surface area (Å²) in [6, 6.07) is 6.33. The molecule has 1 aromatic carbocycles. The van der Waals surface area contributed by atoms with Gasteiger partial charge < -0.3 is 4.90 Å². The predicted molar refractivity (Wildman–Crippen MR) is 69.6 cm³/mol. The van der Waals surface area contributed by atoms with Gasteiger partial charge in [0.2, 0.25) is 0 Å². The van der Waals surface area contributed by atoms with Crippen LogP contribution in [0, 0.1) is 13.8 Å². The lowest BCUT2D eigenvalue weighted by atomic mass is 10.1. The van der Waals surface area contributed by atoms with Crippen LogP contribution in [0.3, 0.4) is 0 Å². The molecule has 0 atom stereocenters. The van der Waals surface area contributed by atoms with E-state index in [4.69, 9.17) is 23.2 Å². The highest BCUT2D eigenvalue weighted by molar-refractivity contribution is 6.18. The van der Waals surface area contributed by atoms with Gasteiger partial charge in [0.1, 0.15) is 0 Å². The van der Waals surface area contributed by atoms with Crippen molar-refractivity contribution < 1.29 is 0 Å². The van der Waals surface area contributed by atoms with E-state index in [1.54, 1.807) is 0 Å². The zero-order valence-corrected chi connectivity index (χ0v) is 10.8. The Bertz CT molecular complexity index is 306. The molecular formula is C12H17Cl2N. The van der Waals surface area contributed by atoms with Crippen molar-refractivity contribution in [3.8, 4) is 0 Å². The lowest BCUT2D eigenvalue weighted by Gasteiger charge is -2.25. The smallest absolute Gasteiger partial charge is 0.0399 e. The summed E-state index contributed by atoms with van der Waals surface area (Å²) in [6.07, 6.45) is 0. The van der Waals surface area contributed by atoms with Gasteiger partial charge in [0.05, 0.1) is 0 Å². The van der Waals surface area contributed by atoms with Gasteiger partial charge in [-0.3, -0.25) is 0 Å². The number of rotatable bonds is 5. The number of halogens is 2. The van der Waals surface area contributed by atoms with Crippen molar-refractivity contribution in [1.29, 1.82) is 0 Å². The van der Waals surface area contributed by atoms with Crippen molar-refractivity contribution >= 4 is 28.9 Å². The zero-order valence-electron chi connectivity index (χ0n) is 9.26. The summed E-state index contributed by atoms with van der Waals surface area (Å²) in [4.78, 5) is 2.24. The fourth-order valence-electron chi connectivity index (χ4n) is 1.63. The van der Waals surface area contributed by atoms with Crippen molar-refractivity contribution in [3.63, 3.8) is 0 Å². The van der Waals surface area contributed by atoms with Gasteiger partial charge in [0.25, 0.3) is 0 Å². The maximum atomic E-state index is 5.79. The quantitative estimate of drug-likeness (QED) is 0.717. The number of hydrogen-bond acceptors (Lipinski definition) is 1. The van der Waals surface area contributed by atoms with Gasteiger partial charge in [-0.1, -0.05) is 12.1 Å². The van der Waals surface area contributed by atoms with Crippen LogP contribution in [0.2, 0.25) is 0 Å². The first-order valence-electron chi connectivity index (χ1n) is 5.13. The van der Waals surface area contributed by atoms with Crippen LogP contribution in [0.4, 0.5) is 5.69 Å². The number of alkyl halides is 2. The van der Waals surface area contributed by atoms with E-state index in [0.29, 0.717) is 11.8 Å². The lowest BCUT2D eigenvalue weighted by molar-refractivity contribution is 0.868. The van der Waals surface area contributed by atoms with Crippen molar-refractivity contribution in [2.45, 2.75) is 13.8 Å². The maximum absolute atomic E-state index is 5.79. The summed E-state index contributed by atoms with van der Waals surface area (Å²) in [7, 11) is 0. The number of aryl methyl sites for hydroxylation is 1. The Morgan fingerprint density at radius 2 is 1.67 bits per heavy atom. The molecule has 1 nitrogen and oxygen atoms in total. The third kappa shape index (κ3) is 3.29. The second-order valence-electron chi connectivity index (χ2n) is 3.58. The molecule has 84 valence electrons. The van der Waals surface area contributed by atoms with Crippen molar-refractivity contribution in [2.75, 3.05) is 29.7 Å². The SMILES string of the molecule is Cc1cccc(N(CCCl)CCCl)c1C. The van der Waals surface area contributed by atoms with Crippen molar-refractivity contribution in [1.82, 2.24) is 0 Å². The highest BCUT2D eigenvalue weighted by Gasteiger charge is 2.08. The first-order valence-corrected chi connectivity index (χ1v) is 6.20. The molecule has 0 aromatic heterocycles. The van der Waals surface area contributed by atoms with E-state index in [0.717, 1.165) is 13.1 Å². The first-order chi connectivity index (χ1) is 7.20. The zero-order chi connectivity index (χ0) is 11.3. The number of nitrogens with zero attached hydrogens (tertiary/aromatic N) is 1. The maximum Gasteiger partial charge on any atom is 0.0399 e. The van der Waals surface area contributed by atoms with Gasteiger partial charge in [-0.25, -0.2) is 0 Å². The third-order valence-corrected chi connectivity index (χ3v) is 2.96. The molecule has 0 heterocycles. The molecule has 0 unspecified atom stereocenters. The molecular weight excluding hydrogens is 229 g/mol. The highest BCUT2D eigenvalue weighted by Crippen LogP contribution is 2.22. The van der Waals surface area contributed by atoms with E-state index < -0.39 is 0 Å². The van der Waals surface area contributed by atoms with Gasteiger partial charge in [0.15, 0.2) is 0 Å². The van der Waals surface area contributed by atoms with Crippen molar-refractivity contribution in [3.05, 3.63) is 29.3 Å². The Kier molecular flexibility index (Phi) is 5.27. The molecule has 0 bridgehead atoms. The van der Waals surface area contributed by atoms with Crippen LogP contribution < -0.4 is 4.90 Å². The largest absolute Gasteiger partial charge is 0.369 e. The van der Waals surface area contributed by atoms with Crippen LogP contribution in [0.1, 0.15) is 11.1 Å². The number of benzene rings is 1. The minimum Gasteiger partial charge on any atom is -0.369 e. The van der Waals surface area contributed by atoms with E-state index in [1.807, 2.05) is 0 Å². The summed E-state index contributed by atoms with van der Waals surface area (Å²) in [6.45, 7) is 5.95. The molecule has 0 saturated heterocycles. The normalized spacial score (nSPS) is 10.4. The molecule has 0 saturated carbocycles. The Labute approximate surface area is 102 Å². The molecule has 15 heavy (non-hydrogen) atoms. The fraction of sp³-hybridized carbons (Fsp3) is 0.500. The molecule has 1 aromatic rings. The second-order valence-corrected chi connectivity index (χ2v) is 4.34. The molecule has 0 N–H and O–H groups in total. The molecule has 0 amide bonds. The van der Waals surface area contributed by atoms with Crippen LogP contribution in [-0.4, -0.2) is 24.8 Å². The van der Waals surface area contributed by atoms with Crippen LogP contribution >= 0.6 is 23.2 Å². The van der Waals surface area contributed by atoms with E-state index in [2.05, 4.69) is 36.9 Å². The lowest BCUT2D eigenvalue weighted by Crippen LogP contribution is -2.28. The summed E-state index contributed by atoms with van der Waals surface area (Å²) >= 11 is 11.6. The molecule has 0 aliphatic heterocycles. The van der Waals surface area contributed by atoms with Crippen LogP contribution in [0.5, 0.6) is 0 Å². The molecule has 0 aliphatic carbocycles. The summed E-state index contributed by atoms with van der Waals surface area (Å²) in [5, 5.41) is 0. The third-order valence-electron chi connectivity index (χ3n) is 2.63. The first kappa shape index (κ1) is 12.7. The molecule has 3 heteroatoms. The van der Waals surface area contributed by atoms with Gasteiger partial charge >= 0.3 is 0 Å². The predicted octanol–water partition coefficient (Wildman–Crippen LogP) is 3.59. The van der Waals surface area contributed by atoms with Gasteiger partial charge in [-0.15, -0.1) is 23.2 Å². The standard InChI is InChI=1S/C12H17Cl2N/c1-10-4-3-5-12(11(10)2)15(8-6-13)9-7-14/h3-5H,6-9H2,1-2H3. The molecule has 0 aliphatic rings. The summed E-state index contributed by atoms with van der Waals surface area (Å²) in [5.41, 5.74) is 3.87. The summed E-state index contributed by atoms with van der Waals surface area (Å²) in [5.74, 6) is 1.26. The van der Waals surface area contributed by atoms with Gasteiger partial charge in [-0.2, -0.15) is 0 Å². The van der Waals surface area contributed by atoms with E-state index >= 15 is 0 Å². The average molecular weight is 246 g/mol. The second kappa shape index (κ2) is 6.24. The molecule has 0 radical (unpaired) electrons. The Morgan fingerprint density at radius 3 is 2.20 bits per heavy atom.